The third-order valence-electron chi connectivity index (χ3n) is 4.69. The molecule has 1 aromatic heterocycles. The number of sulfone groups is 1. The normalized spacial score (nSPS) is 11.5. The van der Waals surface area contributed by atoms with Crippen molar-refractivity contribution in [1.29, 1.82) is 0 Å². The first-order valence-corrected chi connectivity index (χ1v) is 12.4. The lowest BCUT2D eigenvalue weighted by atomic mass is 10.2. The lowest BCUT2D eigenvalue weighted by Crippen LogP contribution is -2.30. The Bertz CT molecular complexity index is 1360. The Balaban J connectivity index is 1.90. The number of aromatic nitrogens is 3. The second-order valence-corrected chi connectivity index (χ2v) is 10.1. The molecule has 0 aliphatic carbocycles. The Labute approximate surface area is 199 Å². The van der Waals surface area contributed by atoms with Crippen LogP contribution in [0.25, 0.3) is 5.69 Å². The molecule has 2 N–H and O–H groups in total. The minimum Gasteiger partial charge on any atom is -0.507 e. The molecule has 9 nitrogen and oxygen atoms in total. The molecule has 0 spiro atoms. The van der Waals surface area contributed by atoms with E-state index < -0.39 is 21.1 Å². The summed E-state index contributed by atoms with van der Waals surface area (Å²) in [5.41, 5.74) is -1.26. The molecule has 33 heavy (non-hydrogen) atoms. The molecule has 0 amide bonds. The second-order valence-electron chi connectivity index (χ2n) is 7.20. The molecule has 0 radical (unpaired) electrons. The number of nitrogens with zero attached hydrogens (tertiary/aromatic N) is 2. The van der Waals surface area contributed by atoms with Gasteiger partial charge < -0.3 is 9.84 Å². The number of aromatic amines is 1. The van der Waals surface area contributed by atoms with E-state index in [1.807, 2.05) is 6.92 Å². The number of nitrogens with one attached hydrogen (secondary N) is 1. The maximum atomic E-state index is 12.7. The van der Waals surface area contributed by atoms with Gasteiger partial charge in [-0.05, 0) is 30.7 Å². The van der Waals surface area contributed by atoms with Crippen LogP contribution in [0.2, 0.25) is 10.0 Å². The van der Waals surface area contributed by atoms with Crippen LogP contribution in [-0.4, -0.2) is 34.0 Å². The number of benzene rings is 2. The number of ether oxygens (including phenoxy) is 1. The lowest BCUT2D eigenvalue weighted by Gasteiger charge is -2.13. The van der Waals surface area contributed by atoms with Crippen LogP contribution in [0.1, 0.15) is 32.6 Å². The predicted octanol–water partition coefficient (Wildman–Crippen LogP) is 4.08. The fourth-order valence-electron chi connectivity index (χ4n) is 3.06. The fraction of sp³-hybridized carbons (Fsp3) is 0.286. The first-order chi connectivity index (χ1) is 15.6. The molecule has 1 heterocycles. The van der Waals surface area contributed by atoms with Gasteiger partial charge in [-0.3, -0.25) is 9.78 Å². The van der Waals surface area contributed by atoms with E-state index in [1.54, 1.807) is 0 Å². The summed E-state index contributed by atoms with van der Waals surface area (Å²) in [6.07, 6.45) is 4.09. The Morgan fingerprint density at radius 3 is 2.42 bits per heavy atom. The van der Waals surface area contributed by atoms with Gasteiger partial charge in [0.25, 0.3) is 5.56 Å². The van der Waals surface area contributed by atoms with Crippen LogP contribution in [0, 0.1) is 0 Å². The molecule has 0 saturated heterocycles. The van der Waals surface area contributed by atoms with Crippen molar-refractivity contribution in [1.82, 2.24) is 14.8 Å². The summed E-state index contributed by atoms with van der Waals surface area (Å²) in [5.74, 6) is -0.373. The average molecular weight is 514 g/mol. The van der Waals surface area contributed by atoms with Gasteiger partial charge in [-0.1, -0.05) is 49.4 Å². The maximum absolute atomic E-state index is 12.7. The highest BCUT2D eigenvalue weighted by Crippen LogP contribution is 2.39. The smallest absolute Gasteiger partial charge is 0.349 e. The summed E-state index contributed by atoms with van der Waals surface area (Å²) < 4.78 is 32.0. The number of phenolic OH excluding ortho intramolecular Hbond substituents is 1. The highest BCUT2D eigenvalue weighted by atomic mass is 35.5. The molecule has 0 saturated carbocycles. The Kier molecular flexibility index (Phi) is 7.83. The van der Waals surface area contributed by atoms with Crippen molar-refractivity contribution in [2.45, 2.75) is 37.5 Å². The van der Waals surface area contributed by atoms with Gasteiger partial charge in [-0.2, -0.15) is 9.78 Å². The number of H-pyrrole nitrogens is 1. The molecule has 0 unspecified atom stereocenters. The van der Waals surface area contributed by atoms with Crippen LogP contribution in [0.5, 0.6) is 17.2 Å². The Morgan fingerprint density at radius 1 is 1.09 bits per heavy atom. The van der Waals surface area contributed by atoms with Gasteiger partial charge in [0.05, 0.1) is 21.5 Å². The number of phenols is 1. The number of hydrogen-bond donors (Lipinski definition) is 2. The molecular weight excluding hydrogens is 493 g/mol. The summed E-state index contributed by atoms with van der Waals surface area (Å²) in [4.78, 5) is 25.0. The van der Waals surface area contributed by atoms with Crippen molar-refractivity contribution in [2.24, 2.45) is 0 Å². The van der Waals surface area contributed by atoms with Gasteiger partial charge in [0.15, 0.2) is 15.6 Å². The Hall–Kier alpha value is -2.82. The first-order valence-electron chi connectivity index (χ1n) is 10.0. The summed E-state index contributed by atoms with van der Waals surface area (Å²) >= 11 is 12.6. The third kappa shape index (κ3) is 5.95. The number of unbranched alkanes of at least 4 members (excludes halogenated alkanes) is 3. The van der Waals surface area contributed by atoms with Gasteiger partial charge in [-0.25, -0.2) is 13.2 Å². The number of aromatic hydroxyl groups is 1. The minimum absolute atomic E-state index is 0.00875. The summed E-state index contributed by atoms with van der Waals surface area (Å²) in [7, 11) is -3.73. The summed E-state index contributed by atoms with van der Waals surface area (Å²) in [6.45, 7) is 2.03. The molecule has 12 heteroatoms. The third-order valence-corrected chi connectivity index (χ3v) is 7.08. The van der Waals surface area contributed by atoms with E-state index in [2.05, 4.69) is 10.1 Å². The molecule has 0 bridgehead atoms. The number of hydrogen-bond acceptors (Lipinski definition) is 7. The second kappa shape index (κ2) is 10.4. The molecule has 0 atom stereocenters. The van der Waals surface area contributed by atoms with Gasteiger partial charge in [0.1, 0.15) is 22.6 Å². The zero-order valence-corrected chi connectivity index (χ0v) is 19.9. The van der Waals surface area contributed by atoms with Crippen molar-refractivity contribution in [2.75, 3.05) is 5.75 Å². The standard InChI is InChI=1S/C21H21Cl2N3O6S/c1-2-3-4-5-8-33(30,31)18-11-14(6-7-17(18)27)32-20-15(22)9-13(10-16(20)23)26-21(29)25-19(28)12-24-26/h6-7,9-12,27H,2-5,8H2,1H3,(H,25,28,29). The Morgan fingerprint density at radius 2 is 1.79 bits per heavy atom. The molecule has 0 aliphatic rings. The van der Waals surface area contributed by atoms with E-state index in [-0.39, 0.29) is 43.6 Å². The van der Waals surface area contributed by atoms with Crippen molar-refractivity contribution in [3.8, 4) is 22.9 Å². The van der Waals surface area contributed by atoms with Crippen molar-refractivity contribution in [3.05, 3.63) is 67.4 Å². The molecule has 0 fully saturated rings. The zero-order chi connectivity index (χ0) is 24.2. The van der Waals surface area contributed by atoms with E-state index in [0.717, 1.165) is 30.1 Å². The van der Waals surface area contributed by atoms with E-state index in [0.29, 0.717) is 6.42 Å². The summed E-state index contributed by atoms with van der Waals surface area (Å²) in [5, 5.41) is 13.9. The highest BCUT2D eigenvalue weighted by molar-refractivity contribution is 7.91. The minimum atomic E-state index is -3.73. The van der Waals surface area contributed by atoms with Crippen molar-refractivity contribution >= 4 is 33.0 Å². The van der Waals surface area contributed by atoms with Crippen LogP contribution in [0.15, 0.2) is 51.0 Å². The van der Waals surface area contributed by atoms with Gasteiger partial charge in [0, 0.05) is 6.07 Å². The van der Waals surface area contributed by atoms with Crippen LogP contribution < -0.4 is 16.0 Å². The van der Waals surface area contributed by atoms with E-state index >= 15 is 0 Å². The largest absolute Gasteiger partial charge is 0.507 e. The SMILES string of the molecule is CCCCCCS(=O)(=O)c1cc(Oc2c(Cl)cc(-n3ncc(=O)[nH]c3=O)cc2Cl)ccc1O. The molecule has 176 valence electrons. The van der Waals surface area contributed by atoms with Crippen LogP contribution in [-0.2, 0) is 9.84 Å². The van der Waals surface area contributed by atoms with Crippen LogP contribution in [0.4, 0.5) is 0 Å². The van der Waals surface area contributed by atoms with E-state index in [4.69, 9.17) is 27.9 Å². The van der Waals surface area contributed by atoms with E-state index in [1.165, 1.54) is 30.3 Å². The predicted molar refractivity (Wildman–Crippen MR) is 125 cm³/mol. The van der Waals surface area contributed by atoms with Crippen molar-refractivity contribution < 1.29 is 18.3 Å². The van der Waals surface area contributed by atoms with Gasteiger partial charge >= 0.3 is 5.69 Å². The van der Waals surface area contributed by atoms with Gasteiger partial charge in [0.2, 0.25) is 0 Å². The topological polar surface area (TPSA) is 131 Å². The van der Waals surface area contributed by atoms with Gasteiger partial charge in [-0.15, -0.1) is 0 Å². The monoisotopic (exact) mass is 513 g/mol. The summed E-state index contributed by atoms with van der Waals surface area (Å²) in [6, 6.07) is 6.50. The average Bonchev–Trinajstić information content (AvgIpc) is 2.74. The zero-order valence-electron chi connectivity index (χ0n) is 17.5. The number of rotatable bonds is 9. The fourth-order valence-corrected chi connectivity index (χ4v) is 5.10. The molecular formula is C21H21Cl2N3O6S. The first kappa shape index (κ1) is 24.8. The molecule has 3 aromatic rings. The molecule has 0 aliphatic heterocycles. The highest BCUT2D eigenvalue weighted by Gasteiger charge is 2.21. The number of halogens is 2. The van der Waals surface area contributed by atoms with E-state index in [9.17, 15) is 23.1 Å². The lowest BCUT2D eigenvalue weighted by molar-refractivity contribution is 0.448. The molecule has 3 rings (SSSR count). The molecule has 2 aromatic carbocycles. The van der Waals surface area contributed by atoms with Crippen LogP contribution in [0.3, 0.4) is 0 Å². The quantitative estimate of drug-likeness (QED) is 0.412. The maximum Gasteiger partial charge on any atom is 0.349 e. The van der Waals surface area contributed by atoms with Crippen LogP contribution >= 0.6 is 23.2 Å². The van der Waals surface area contributed by atoms with Crippen molar-refractivity contribution in [3.63, 3.8) is 0 Å².